The van der Waals surface area contributed by atoms with Gasteiger partial charge in [0.2, 0.25) is 0 Å². The molecular weight excluding hydrogens is 291 g/mol. The first kappa shape index (κ1) is 17.2. The fourth-order valence-corrected chi connectivity index (χ4v) is 1.53. The molecule has 0 aromatic carbocycles. The number of ether oxygens (including phenoxy) is 1. The predicted octanol–water partition coefficient (Wildman–Crippen LogP) is 3.24. The Morgan fingerprint density at radius 3 is 2.71 bits per heavy atom. The molecule has 0 radical (unpaired) electrons. The summed E-state index contributed by atoms with van der Waals surface area (Å²) in [6.45, 7) is 3.27. The Balaban J connectivity index is 2.71. The van der Waals surface area contributed by atoms with Crippen LogP contribution in [0.25, 0.3) is 0 Å². The van der Waals surface area contributed by atoms with Crippen LogP contribution < -0.4 is 5.32 Å². The molecule has 0 unspecified atom stereocenters. The number of aromatic nitrogens is 1. The summed E-state index contributed by atoms with van der Waals surface area (Å²) in [5.74, 6) is 0. The summed E-state index contributed by atoms with van der Waals surface area (Å²) < 4.78 is 42.9. The SMILES string of the molecule is CCCOCCCNc1cc(C(F)(F)F)ncc1[N+](=O)[O-]. The fraction of sp³-hybridized carbons (Fsp3) is 0.583. The van der Waals surface area contributed by atoms with Crippen LogP contribution >= 0.6 is 0 Å². The van der Waals surface area contributed by atoms with E-state index in [1.54, 1.807) is 0 Å². The number of hydrogen-bond acceptors (Lipinski definition) is 5. The number of nitro groups is 1. The predicted molar refractivity (Wildman–Crippen MR) is 70.1 cm³/mol. The highest BCUT2D eigenvalue weighted by molar-refractivity contribution is 5.61. The van der Waals surface area contributed by atoms with Crippen LogP contribution in [0.4, 0.5) is 24.5 Å². The van der Waals surface area contributed by atoms with Crippen molar-refractivity contribution in [3.05, 3.63) is 28.1 Å². The molecule has 0 atom stereocenters. The molecule has 1 aromatic rings. The van der Waals surface area contributed by atoms with Crippen molar-refractivity contribution in [2.24, 2.45) is 0 Å². The number of alkyl halides is 3. The number of pyridine rings is 1. The van der Waals surface area contributed by atoms with Crippen molar-refractivity contribution in [2.75, 3.05) is 25.1 Å². The van der Waals surface area contributed by atoms with Gasteiger partial charge in [-0.2, -0.15) is 13.2 Å². The molecule has 21 heavy (non-hydrogen) atoms. The van der Waals surface area contributed by atoms with Crippen molar-refractivity contribution in [2.45, 2.75) is 25.9 Å². The van der Waals surface area contributed by atoms with E-state index < -0.39 is 22.5 Å². The molecule has 1 rings (SSSR count). The standard InChI is InChI=1S/C12H16F3N3O3/c1-2-5-21-6-3-4-16-9-7-11(12(13,14)15)17-8-10(9)18(19)20/h7-8H,2-6H2,1H3,(H,16,17). The monoisotopic (exact) mass is 307 g/mol. The molecule has 0 saturated heterocycles. The number of nitrogens with one attached hydrogen (secondary N) is 1. The molecule has 6 nitrogen and oxygen atoms in total. The highest BCUT2D eigenvalue weighted by Gasteiger charge is 2.34. The van der Waals surface area contributed by atoms with Gasteiger partial charge in [-0.3, -0.25) is 10.1 Å². The molecule has 1 N–H and O–H groups in total. The van der Waals surface area contributed by atoms with Crippen LogP contribution in [0.3, 0.4) is 0 Å². The van der Waals surface area contributed by atoms with E-state index in [9.17, 15) is 23.3 Å². The Bertz CT molecular complexity index is 481. The molecule has 0 bridgehead atoms. The normalized spacial score (nSPS) is 11.4. The van der Waals surface area contributed by atoms with E-state index in [-0.39, 0.29) is 12.2 Å². The van der Waals surface area contributed by atoms with Crippen LogP contribution in [0.5, 0.6) is 0 Å². The summed E-state index contributed by atoms with van der Waals surface area (Å²) in [5.41, 5.74) is -1.85. The summed E-state index contributed by atoms with van der Waals surface area (Å²) in [5, 5.41) is 13.4. The first-order valence-corrected chi connectivity index (χ1v) is 6.39. The summed E-state index contributed by atoms with van der Waals surface area (Å²) >= 11 is 0. The van der Waals surface area contributed by atoms with Gasteiger partial charge < -0.3 is 10.1 Å². The van der Waals surface area contributed by atoms with Gasteiger partial charge in [-0.05, 0) is 18.9 Å². The van der Waals surface area contributed by atoms with E-state index in [1.165, 1.54) is 0 Å². The number of nitrogens with zero attached hydrogens (tertiary/aromatic N) is 2. The van der Waals surface area contributed by atoms with Gasteiger partial charge in [0.25, 0.3) is 0 Å². The Hall–Kier alpha value is -1.90. The third-order valence-corrected chi connectivity index (χ3v) is 2.50. The second-order valence-electron chi connectivity index (χ2n) is 4.23. The van der Waals surface area contributed by atoms with Gasteiger partial charge >= 0.3 is 11.9 Å². The maximum atomic E-state index is 12.5. The highest BCUT2D eigenvalue weighted by atomic mass is 19.4. The molecule has 1 aromatic heterocycles. The summed E-state index contributed by atoms with van der Waals surface area (Å²) in [6.07, 6.45) is -2.63. The van der Waals surface area contributed by atoms with Crippen LogP contribution in [0, 0.1) is 10.1 Å². The van der Waals surface area contributed by atoms with E-state index in [0.29, 0.717) is 31.9 Å². The zero-order valence-electron chi connectivity index (χ0n) is 11.4. The van der Waals surface area contributed by atoms with Crippen molar-refractivity contribution < 1.29 is 22.8 Å². The molecule has 0 fully saturated rings. The average molecular weight is 307 g/mol. The van der Waals surface area contributed by atoms with Crippen LogP contribution in [-0.4, -0.2) is 29.7 Å². The van der Waals surface area contributed by atoms with Gasteiger partial charge in [0.05, 0.1) is 4.92 Å². The first-order chi connectivity index (χ1) is 9.86. The van der Waals surface area contributed by atoms with Crippen LogP contribution in [0.2, 0.25) is 0 Å². The van der Waals surface area contributed by atoms with Gasteiger partial charge in [-0.25, -0.2) is 4.98 Å². The van der Waals surface area contributed by atoms with Gasteiger partial charge in [0, 0.05) is 19.8 Å². The van der Waals surface area contributed by atoms with E-state index in [2.05, 4.69) is 10.3 Å². The molecule has 0 aliphatic heterocycles. The lowest BCUT2D eigenvalue weighted by atomic mass is 10.2. The zero-order valence-corrected chi connectivity index (χ0v) is 11.4. The number of hydrogen-bond donors (Lipinski definition) is 1. The summed E-state index contributed by atoms with van der Waals surface area (Å²) in [7, 11) is 0. The summed E-state index contributed by atoms with van der Waals surface area (Å²) in [6, 6.07) is 0.644. The molecular formula is C12H16F3N3O3. The maximum absolute atomic E-state index is 12.5. The Morgan fingerprint density at radius 2 is 2.14 bits per heavy atom. The van der Waals surface area contributed by atoms with Gasteiger partial charge in [0.15, 0.2) is 0 Å². The minimum Gasteiger partial charge on any atom is -0.381 e. The van der Waals surface area contributed by atoms with Crippen molar-refractivity contribution in [1.82, 2.24) is 4.98 Å². The molecule has 0 saturated carbocycles. The van der Waals surface area contributed by atoms with Crippen molar-refractivity contribution in [1.29, 1.82) is 0 Å². The fourth-order valence-electron chi connectivity index (χ4n) is 1.53. The molecule has 0 spiro atoms. The highest BCUT2D eigenvalue weighted by Crippen LogP contribution is 2.32. The largest absolute Gasteiger partial charge is 0.433 e. The molecule has 1 heterocycles. The van der Waals surface area contributed by atoms with Crippen LogP contribution in [0.15, 0.2) is 12.3 Å². The molecule has 0 amide bonds. The van der Waals surface area contributed by atoms with E-state index in [4.69, 9.17) is 4.74 Å². The lowest BCUT2D eigenvalue weighted by Gasteiger charge is -2.10. The van der Waals surface area contributed by atoms with Crippen molar-refractivity contribution >= 4 is 11.4 Å². The minimum absolute atomic E-state index is 0.196. The topological polar surface area (TPSA) is 77.3 Å². The maximum Gasteiger partial charge on any atom is 0.433 e. The van der Waals surface area contributed by atoms with Crippen LogP contribution in [-0.2, 0) is 10.9 Å². The lowest BCUT2D eigenvalue weighted by Crippen LogP contribution is -2.12. The van der Waals surface area contributed by atoms with Crippen molar-refractivity contribution in [3.63, 3.8) is 0 Å². The molecule has 0 aliphatic rings. The summed E-state index contributed by atoms with van der Waals surface area (Å²) in [4.78, 5) is 13.1. The lowest BCUT2D eigenvalue weighted by molar-refractivity contribution is -0.384. The average Bonchev–Trinajstić information content (AvgIpc) is 2.41. The van der Waals surface area contributed by atoms with E-state index in [1.807, 2.05) is 6.92 Å². The van der Waals surface area contributed by atoms with Gasteiger partial charge in [-0.1, -0.05) is 6.92 Å². The zero-order chi connectivity index (χ0) is 15.9. The van der Waals surface area contributed by atoms with Gasteiger partial charge in [0.1, 0.15) is 17.6 Å². The number of anilines is 1. The number of rotatable bonds is 8. The number of halogens is 3. The Labute approximate surface area is 119 Å². The minimum atomic E-state index is -4.64. The van der Waals surface area contributed by atoms with E-state index >= 15 is 0 Å². The third kappa shape index (κ3) is 5.54. The third-order valence-electron chi connectivity index (χ3n) is 2.50. The molecule has 118 valence electrons. The Morgan fingerprint density at radius 1 is 1.43 bits per heavy atom. The first-order valence-electron chi connectivity index (χ1n) is 6.39. The molecule has 9 heteroatoms. The second kappa shape index (κ2) is 7.77. The second-order valence-corrected chi connectivity index (χ2v) is 4.23. The van der Waals surface area contributed by atoms with Gasteiger partial charge in [-0.15, -0.1) is 0 Å². The van der Waals surface area contributed by atoms with Crippen molar-refractivity contribution in [3.8, 4) is 0 Å². The van der Waals surface area contributed by atoms with E-state index in [0.717, 1.165) is 6.42 Å². The molecule has 0 aliphatic carbocycles. The smallest absolute Gasteiger partial charge is 0.381 e. The quantitative estimate of drug-likeness (QED) is 0.453. The van der Waals surface area contributed by atoms with Crippen LogP contribution in [0.1, 0.15) is 25.5 Å². The Kier molecular flexibility index (Phi) is 6.35.